The molecule has 0 fully saturated rings. The fourth-order valence-electron chi connectivity index (χ4n) is 2.98. The molecule has 1 N–H and O–H groups in total. The highest BCUT2D eigenvalue weighted by Crippen LogP contribution is 2.33. The first kappa shape index (κ1) is 13.7. The molecule has 0 saturated carbocycles. The summed E-state index contributed by atoms with van der Waals surface area (Å²) in [5.41, 5.74) is 3.40. The molecule has 0 bridgehead atoms. The Balaban J connectivity index is 2.07. The minimum absolute atomic E-state index is 0.0388. The molecule has 3 rings (SSSR count). The minimum atomic E-state index is -0.0388. The van der Waals surface area contributed by atoms with E-state index in [1.807, 2.05) is 23.1 Å². The number of phenolic OH excluding ortho intramolecular Hbond substituents is 1. The maximum Gasteiger partial charge on any atom is 0.258 e. The smallest absolute Gasteiger partial charge is 0.258 e. The van der Waals surface area contributed by atoms with Crippen LogP contribution in [0.3, 0.4) is 0 Å². The van der Waals surface area contributed by atoms with E-state index < -0.39 is 0 Å². The van der Waals surface area contributed by atoms with Gasteiger partial charge in [-0.3, -0.25) is 4.79 Å². The SMILES string of the molecule is Cc1c(O)cccc1C(=O)N1c2ccccc2CCC1C. The second-order valence-corrected chi connectivity index (χ2v) is 5.64. The van der Waals surface area contributed by atoms with Gasteiger partial charge in [0.05, 0.1) is 0 Å². The number of anilines is 1. The number of phenols is 1. The van der Waals surface area contributed by atoms with Crippen LogP contribution in [-0.4, -0.2) is 17.1 Å². The average Bonchev–Trinajstić information content (AvgIpc) is 2.49. The van der Waals surface area contributed by atoms with Crippen molar-refractivity contribution in [1.29, 1.82) is 0 Å². The third-order valence-electron chi connectivity index (χ3n) is 4.28. The van der Waals surface area contributed by atoms with E-state index in [0.717, 1.165) is 18.5 Å². The number of nitrogens with zero attached hydrogens (tertiary/aromatic N) is 1. The molecule has 2 aromatic rings. The van der Waals surface area contributed by atoms with Crippen molar-refractivity contribution in [3.63, 3.8) is 0 Å². The standard InChI is InChI=1S/C18H19NO2/c1-12-10-11-14-6-3-4-8-16(14)19(12)18(21)15-7-5-9-17(20)13(15)2/h3-9,12,20H,10-11H2,1-2H3. The number of carbonyl (C=O) groups is 1. The van der Waals surface area contributed by atoms with Gasteiger partial charge in [0.2, 0.25) is 0 Å². The van der Waals surface area contributed by atoms with Gasteiger partial charge in [-0.05, 0) is 50.5 Å². The zero-order chi connectivity index (χ0) is 15.0. The Morgan fingerprint density at radius 1 is 1.19 bits per heavy atom. The lowest BCUT2D eigenvalue weighted by Gasteiger charge is -2.35. The molecule has 0 aromatic heterocycles. The van der Waals surface area contributed by atoms with E-state index >= 15 is 0 Å². The summed E-state index contributed by atoms with van der Waals surface area (Å²) in [5.74, 6) is 0.127. The van der Waals surface area contributed by atoms with E-state index in [9.17, 15) is 9.90 Å². The Bertz CT molecular complexity index is 693. The summed E-state index contributed by atoms with van der Waals surface area (Å²) in [6, 6.07) is 13.3. The molecule has 3 heteroatoms. The number of aryl methyl sites for hydroxylation is 1. The maximum atomic E-state index is 13.0. The quantitative estimate of drug-likeness (QED) is 0.866. The number of amides is 1. The predicted octanol–water partition coefficient (Wildman–Crippen LogP) is 3.68. The van der Waals surface area contributed by atoms with Crippen molar-refractivity contribution in [1.82, 2.24) is 0 Å². The first-order chi connectivity index (χ1) is 10.1. The number of hydrogen-bond acceptors (Lipinski definition) is 2. The number of aromatic hydroxyl groups is 1. The number of para-hydroxylation sites is 1. The summed E-state index contributed by atoms with van der Waals surface area (Å²) in [4.78, 5) is 14.8. The van der Waals surface area contributed by atoms with E-state index in [2.05, 4.69) is 13.0 Å². The molecule has 1 aliphatic rings. The lowest BCUT2D eigenvalue weighted by atomic mass is 9.95. The molecule has 0 radical (unpaired) electrons. The Hall–Kier alpha value is -2.29. The average molecular weight is 281 g/mol. The summed E-state index contributed by atoms with van der Waals surface area (Å²) >= 11 is 0. The summed E-state index contributed by atoms with van der Waals surface area (Å²) in [6.07, 6.45) is 1.96. The zero-order valence-electron chi connectivity index (χ0n) is 12.3. The highest BCUT2D eigenvalue weighted by atomic mass is 16.3. The Labute approximate surface area is 124 Å². The van der Waals surface area contributed by atoms with Gasteiger partial charge in [-0.2, -0.15) is 0 Å². The number of fused-ring (bicyclic) bond motifs is 1. The summed E-state index contributed by atoms with van der Waals surface area (Å²) in [7, 11) is 0. The number of carbonyl (C=O) groups excluding carboxylic acids is 1. The van der Waals surface area contributed by atoms with Crippen LogP contribution in [0.2, 0.25) is 0 Å². The fourth-order valence-corrected chi connectivity index (χ4v) is 2.98. The van der Waals surface area contributed by atoms with Crippen LogP contribution in [0.15, 0.2) is 42.5 Å². The Morgan fingerprint density at radius 3 is 2.76 bits per heavy atom. The van der Waals surface area contributed by atoms with Gasteiger partial charge >= 0.3 is 0 Å². The van der Waals surface area contributed by atoms with Crippen molar-refractivity contribution < 1.29 is 9.90 Å². The maximum absolute atomic E-state index is 13.0. The molecule has 0 aliphatic carbocycles. The third kappa shape index (κ3) is 2.29. The molecule has 1 atom stereocenters. The molecule has 108 valence electrons. The van der Waals surface area contributed by atoms with Crippen molar-refractivity contribution in [2.45, 2.75) is 32.7 Å². The van der Waals surface area contributed by atoms with Crippen LogP contribution in [0.5, 0.6) is 5.75 Å². The third-order valence-corrected chi connectivity index (χ3v) is 4.28. The topological polar surface area (TPSA) is 40.5 Å². The Kier molecular flexibility index (Phi) is 3.42. The van der Waals surface area contributed by atoms with E-state index in [4.69, 9.17) is 0 Å². The second-order valence-electron chi connectivity index (χ2n) is 5.64. The molecule has 1 heterocycles. The van der Waals surface area contributed by atoms with Gasteiger partial charge in [0.1, 0.15) is 5.75 Å². The van der Waals surface area contributed by atoms with Gasteiger partial charge in [0, 0.05) is 22.9 Å². The lowest BCUT2D eigenvalue weighted by molar-refractivity contribution is 0.0974. The summed E-state index contributed by atoms with van der Waals surface area (Å²) < 4.78 is 0. The van der Waals surface area contributed by atoms with Crippen molar-refractivity contribution >= 4 is 11.6 Å². The van der Waals surface area contributed by atoms with Crippen LogP contribution in [0.4, 0.5) is 5.69 Å². The lowest BCUT2D eigenvalue weighted by Crippen LogP contribution is -2.42. The zero-order valence-corrected chi connectivity index (χ0v) is 12.3. The van der Waals surface area contributed by atoms with Gasteiger partial charge < -0.3 is 10.0 Å². The van der Waals surface area contributed by atoms with Crippen LogP contribution < -0.4 is 4.90 Å². The molecule has 0 spiro atoms. The number of hydrogen-bond donors (Lipinski definition) is 1. The summed E-state index contributed by atoms with van der Waals surface area (Å²) in [5, 5.41) is 9.84. The summed E-state index contributed by atoms with van der Waals surface area (Å²) in [6.45, 7) is 3.86. The highest BCUT2D eigenvalue weighted by Gasteiger charge is 2.29. The van der Waals surface area contributed by atoms with Crippen molar-refractivity contribution in [3.05, 3.63) is 59.2 Å². The van der Waals surface area contributed by atoms with Crippen LogP contribution in [0.1, 0.15) is 34.8 Å². The van der Waals surface area contributed by atoms with E-state index in [-0.39, 0.29) is 17.7 Å². The number of rotatable bonds is 1. The fraction of sp³-hybridized carbons (Fsp3) is 0.278. The molecule has 21 heavy (non-hydrogen) atoms. The highest BCUT2D eigenvalue weighted by molar-refractivity contribution is 6.08. The monoisotopic (exact) mass is 281 g/mol. The minimum Gasteiger partial charge on any atom is -0.508 e. The molecule has 3 nitrogen and oxygen atoms in total. The molecule has 2 aromatic carbocycles. The van der Waals surface area contributed by atoms with Gasteiger partial charge in [0.25, 0.3) is 5.91 Å². The van der Waals surface area contributed by atoms with E-state index in [1.165, 1.54) is 5.56 Å². The first-order valence-corrected chi connectivity index (χ1v) is 7.29. The molecule has 1 amide bonds. The van der Waals surface area contributed by atoms with Crippen molar-refractivity contribution in [2.75, 3.05) is 4.90 Å². The van der Waals surface area contributed by atoms with Crippen LogP contribution in [-0.2, 0) is 6.42 Å². The van der Waals surface area contributed by atoms with Crippen molar-refractivity contribution in [3.8, 4) is 5.75 Å². The van der Waals surface area contributed by atoms with Gasteiger partial charge in [-0.25, -0.2) is 0 Å². The van der Waals surface area contributed by atoms with Crippen LogP contribution in [0, 0.1) is 6.92 Å². The number of benzene rings is 2. The predicted molar refractivity (Wildman–Crippen MR) is 83.9 cm³/mol. The molecular formula is C18H19NO2. The van der Waals surface area contributed by atoms with Gasteiger partial charge in [-0.1, -0.05) is 24.3 Å². The molecular weight excluding hydrogens is 262 g/mol. The van der Waals surface area contributed by atoms with Crippen LogP contribution in [0.25, 0.3) is 0 Å². The van der Waals surface area contributed by atoms with E-state index in [0.29, 0.717) is 11.1 Å². The van der Waals surface area contributed by atoms with Crippen LogP contribution >= 0.6 is 0 Å². The molecule has 1 unspecified atom stereocenters. The van der Waals surface area contributed by atoms with Gasteiger partial charge in [-0.15, -0.1) is 0 Å². The Morgan fingerprint density at radius 2 is 1.95 bits per heavy atom. The van der Waals surface area contributed by atoms with E-state index in [1.54, 1.807) is 25.1 Å². The molecule has 0 saturated heterocycles. The molecule has 1 aliphatic heterocycles. The van der Waals surface area contributed by atoms with Crippen molar-refractivity contribution in [2.24, 2.45) is 0 Å². The first-order valence-electron chi connectivity index (χ1n) is 7.29. The second kappa shape index (κ2) is 5.24. The largest absolute Gasteiger partial charge is 0.508 e. The normalized spacial score (nSPS) is 17.4. The van der Waals surface area contributed by atoms with Gasteiger partial charge in [0.15, 0.2) is 0 Å².